The summed E-state index contributed by atoms with van der Waals surface area (Å²) in [4.78, 5) is 8.68. The standard InChI is InChI=1S/C12H14BrN3S/c1-2-11(12-14-5-6-17-12)16-8-10-4-3-9(13)7-15-10/h3-7,11,16H,2,8H2,1H3. The van der Waals surface area contributed by atoms with Crippen molar-refractivity contribution in [2.75, 3.05) is 0 Å². The van der Waals surface area contributed by atoms with E-state index in [-0.39, 0.29) is 0 Å². The van der Waals surface area contributed by atoms with Crippen molar-refractivity contribution in [2.45, 2.75) is 25.9 Å². The van der Waals surface area contributed by atoms with E-state index in [0.717, 1.165) is 28.1 Å². The Labute approximate surface area is 113 Å². The largest absolute Gasteiger partial charge is 0.302 e. The first-order valence-electron chi connectivity index (χ1n) is 5.52. The van der Waals surface area contributed by atoms with Crippen LogP contribution in [0.25, 0.3) is 0 Å². The molecule has 2 aromatic rings. The van der Waals surface area contributed by atoms with Crippen molar-refractivity contribution in [1.29, 1.82) is 0 Å². The SMILES string of the molecule is CCC(NCc1ccc(Br)cn1)c1nccs1. The lowest BCUT2D eigenvalue weighted by molar-refractivity contribution is 0.512. The van der Waals surface area contributed by atoms with Gasteiger partial charge in [0.05, 0.1) is 11.7 Å². The van der Waals surface area contributed by atoms with E-state index < -0.39 is 0 Å². The van der Waals surface area contributed by atoms with Gasteiger partial charge in [0.25, 0.3) is 0 Å². The molecule has 1 N–H and O–H groups in total. The van der Waals surface area contributed by atoms with Gasteiger partial charge in [-0.1, -0.05) is 6.92 Å². The molecule has 5 heteroatoms. The topological polar surface area (TPSA) is 37.8 Å². The van der Waals surface area contributed by atoms with Crippen molar-refractivity contribution in [3.05, 3.63) is 45.1 Å². The van der Waals surface area contributed by atoms with Gasteiger partial charge in [-0.25, -0.2) is 4.98 Å². The van der Waals surface area contributed by atoms with E-state index in [1.807, 2.05) is 29.9 Å². The molecule has 0 fully saturated rings. The summed E-state index contributed by atoms with van der Waals surface area (Å²) in [6.45, 7) is 2.93. The smallest absolute Gasteiger partial charge is 0.109 e. The van der Waals surface area contributed by atoms with Crippen LogP contribution in [0.1, 0.15) is 30.1 Å². The van der Waals surface area contributed by atoms with Gasteiger partial charge in [0.2, 0.25) is 0 Å². The molecule has 0 saturated carbocycles. The van der Waals surface area contributed by atoms with Crippen molar-refractivity contribution in [3.8, 4) is 0 Å². The van der Waals surface area contributed by atoms with Gasteiger partial charge in [0.1, 0.15) is 5.01 Å². The van der Waals surface area contributed by atoms with Gasteiger partial charge in [-0.3, -0.25) is 4.98 Å². The Hall–Kier alpha value is -0.780. The summed E-state index contributed by atoms with van der Waals surface area (Å²) in [5, 5.41) is 6.63. The molecule has 0 aliphatic rings. The van der Waals surface area contributed by atoms with Crippen molar-refractivity contribution in [2.24, 2.45) is 0 Å². The van der Waals surface area contributed by atoms with Crippen molar-refractivity contribution in [3.63, 3.8) is 0 Å². The zero-order chi connectivity index (χ0) is 12.1. The predicted molar refractivity (Wildman–Crippen MR) is 73.9 cm³/mol. The Balaban J connectivity index is 1.94. The minimum absolute atomic E-state index is 0.320. The van der Waals surface area contributed by atoms with E-state index in [0.29, 0.717) is 6.04 Å². The van der Waals surface area contributed by atoms with Crippen LogP contribution in [0.5, 0.6) is 0 Å². The molecule has 0 saturated heterocycles. The summed E-state index contributed by atoms with van der Waals surface area (Å²) in [6, 6.07) is 4.35. The number of nitrogens with one attached hydrogen (secondary N) is 1. The summed E-state index contributed by atoms with van der Waals surface area (Å²) in [6.07, 6.45) is 4.70. The molecular weight excluding hydrogens is 298 g/mol. The van der Waals surface area contributed by atoms with Crippen LogP contribution in [0, 0.1) is 0 Å². The number of thiazole rings is 1. The fourth-order valence-corrected chi connectivity index (χ4v) is 2.58. The molecule has 0 aliphatic heterocycles. The Bertz CT molecular complexity index is 441. The molecule has 1 unspecified atom stereocenters. The Morgan fingerprint density at radius 3 is 2.88 bits per heavy atom. The van der Waals surface area contributed by atoms with Gasteiger partial charge in [0.15, 0.2) is 0 Å². The van der Waals surface area contributed by atoms with E-state index in [2.05, 4.69) is 38.1 Å². The van der Waals surface area contributed by atoms with Gasteiger partial charge in [-0.2, -0.15) is 0 Å². The lowest BCUT2D eigenvalue weighted by atomic mass is 10.2. The van der Waals surface area contributed by atoms with Crippen molar-refractivity contribution < 1.29 is 0 Å². The number of aromatic nitrogens is 2. The zero-order valence-electron chi connectivity index (χ0n) is 9.56. The first-order valence-corrected chi connectivity index (χ1v) is 7.20. The normalized spacial score (nSPS) is 12.6. The van der Waals surface area contributed by atoms with Crippen LogP contribution >= 0.6 is 27.3 Å². The lowest BCUT2D eigenvalue weighted by Gasteiger charge is -2.13. The second-order valence-electron chi connectivity index (χ2n) is 3.68. The molecule has 3 nitrogen and oxygen atoms in total. The number of rotatable bonds is 5. The van der Waals surface area contributed by atoms with Gasteiger partial charge in [-0.15, -0.1) is 11.3 Å². The third-order valence-electron chi connectivity index (χ3n) is 2.48. The summed E-state index contributed by atoms with van der Waals surface area (Å²) in [7, 11) is 0. The molecule has 0 aliphatic carbocycles. The monoisotopic (exact) mass is 311 g/mol. The zero-order valence-corrected chi connectivity index (χ0v) is 12.0. The number of pyridine rings is 1. The van der Waals surface area contributed by atoms with Gasteiger partial charge >= 0.3 is 0 Å². The highest BCUT2D eigenvalue weighted by Gasteiger charge is 2.10. The van der Waals surface area contributed by atoms with Crippen LogP contribution in [-0.2, 0) is 6.54 Å². The van der Waals surface area contributed by atoms with E-state index in [4.69, 9.17) is 0 Å². The Morgan fingerprint density at radius 1 is 1.41 bits per heavy atom. The second kappa shape index (κ2) is 6.23. The number of nitrogens with zero attached hydrogens (tertiary/aromatic N) is 2. The highest BCUT2D eigenvalue weighted by molar-refractivity contribution is 9.10. The first kappa shape index (κ1) is 12.7. The molecule has 1 atom stereocenters. The molecule has 17 heavy (non-hydrogen) atoms. The van der Waals surface area contributed by atoms with Gasteiger partial charge < -0.3 is 5.32 Å². The highest BCUT2D eigenvalue weighted by Crippen LogP contribution is 2.19. The maximum absolute atomic E-state index is 4.34. The van der Waals surface area contributed by atoms with Crippen LogP contribution < -0.4 is 5.32 Å². The summed E-state index contributed by atoms with van der Waals surface area (Å²) in [5.41, 5.74) is 1.04. The van der Waals surface area contributed by atoms with Crippen LogP contribution in [-0.4, -0.2) is 9.97 Å². The Morgan fingerprint density at radius 2 is 2.29 bits per heavy atom. The lowest BCUT2D eigenvalue weighted by Crippen LogP contribution is -2.20. The number of hydrogen-bond donors (Lipinski definition) is 1. The van der Waals surface area contributed by atoms with Crippen LogP contribution in [0.3, 0.4) is 0 Å². The minimum atomic E-state index is 0.320. The van der Waals surface area contributed by atoms with E-state index >= 15 is 0 Å². The van der Waals surface area contributed by atoms with Crippen LogP contribution in [0.15, 0.2) is 34.4 Å². The number of hydrogen-bond acceptors (Lipinski definition) is 4. The molecule has 0 radical (unpaired) electrons. The summed E-state index contributed by atoms with van der Waals surface area (Å²) >= 11 is 5.07. The summed E-state index contributed by atoms with van der Waals surface area (Å²) < 4.78 is 1.01. The highest BCUT2D eigenvalue weighted by atomic mass is 79.9. The maximum Gasteiger partial charge on any atom is 0.109 e. The van der Waals surface area contributed by atoms with Gasteiger partial charge in [-0.05, 0) is 34.5 Å². The average Bonchev–Trinajstić information content (AvgIpc) is 2.86. The van der Waals surface area contributed by atoms with E-state index in [9.17, 15) is 0 Å². The van der Waals surface area contributed by atoms with Gasteiger partial charge in [0, 0.05) is 28.8 Å². The van der Waals surface area contributed by atoms with Crippen molar-refractivity contribution >= 4 is 27.3 Å². The second-order valence-corrected chi connectivity index (χ2v) is 5.52. The predicted octanol–water partition coefficient (Wildman–Crippen LogP) is 3.54. The van der Waals surface area contributed by atoms with Crippen LogP contribution in [0.4, 0.5) is 0 Å². The fourth-order valence-electron chi connectivity index (χ4n) is 1.55. The molecule has 0 aromatic carbocycles. The molecule has 0 spiro atoms. The summed E-state index contributed by atoms with van der Waals surface area (Å²) in [5.74, 6) is 0. The van der Waals surface area contributed by atoms with E-state index in [1.54, 1.807) is 11.3 Å². The molecule has 2 aromatic heterocycles. The molecule has 0 amide bonds. The number of halogens is 1. The molecule has 2 heterocycles. The Kier molecular flexibility index (Phi) is 4.65. The minimum Gasteiger partial charge on any atom is -0.302 e. The third kappa shape index (κ3) is 3.59. The molecule has 90 valence electrons. The molecular formula is C12H14BrN3S. The van der Waals surface area contributed by atoms with Crippen LogP contribution in [0.2, 0.25) is 0 Å². The first-order chi connectivity index (χ1) is 8.29. The molecule has 0 bridgehead atoms. The quantitative estimate of drug-likeness (QED) is 0.917. The third-order valence-corrected chi connectivity index (χ3v) is 3.83. The van der Waals surface area contributed by atoms with Crippen molar-refractivity contribution in [1.82, 2.24) is 15.3 Å². The van der Waals surface area contributed by atoms with E-state index in [1.165, 1.54) is 0 Å². The average molecular weight is 312 g/mol. The maximum atomic E-state index is 4.34. The molecule has 2 rings (SSSR count). The fraction of sp³-hybridized carbons (Fsp3) is 0.333.